The average Bonchev–Trinajstić information content (AvgIpc) is 2.29. The summed E-state index contributed by atoms with van der Waals surface area (Å²) in [6.07, 6.45) is 2.28. The van der Waals surface area contributed by atoms with Crippen LogP contribution in [-0.2, 0) is 12.3 Å². The van der Waals surface area contributed by atoms with Gasteiger partial charge in [0.25, 0.3) is 0 Å². The van der Waals surface area contributed by atoms with E-state index < -0.39 is 5.31 Å². The Hall–Kier alpha value is -0.650. The summed E-state index contributed by atoms with van der Waals surface area (Å²) in [4.78, 5) is 0. The van der Waals surface area contributed by atoms with Gasteiger partial charge in [0.2, 0.25) is 0 Å². The maximum atomic E-state index is 4.09. The van der Waals surface area contributed by atoms with E-state index in [0.717, 1.165) is 12.3 Å². The Labute approximate surface area is 118 Å². The SMILES string of the molecule is CP(C)(Br)(Cc1ccccc1)Cc1ccccc1. The van der Waals surface area contributed by atoms with Gasteiger partial charge < -0.3 is 0 Å². The molecule has 0 heterocycles. The van der Waals surface area contributed by atoms with Crippen LogP contribution in [0.3, 0.4) is 0 Å². The standard InChI is InChI=1S/C16H20BrP/c1-18(2,17,13-15-9-5-3-6-10-15)14-16-11-7-4-8-12-16/h3-12H,13-14H2,1-2H3. The molecule has 18 heavy (non-hydrogen) atoms. The number of rotatable bonds is 4. The summed E-state index contributed by atoms with van der Waals surface area (Å²) in [5.74, 6) is 0. The van der Waals surface area contributed by atoms with Gasteiger partial charge in [0, 0.05) is 0 Å². The molecule has 0 aliphatic rings. The first-order chi connectivity index (χ1) is 8.42. The van der Waals surface area contributed by atoms with E-state index in [9.17, 15) is 0 Å². The normalized spacial score (nSPS) is 13.8. The molecule has 0 amide bonds. The van der Waals surface area contributed by atoms with Gasteiger partial charge >= 0.3 is 118 Å². The van der Waals surface area contributed by atoms with E-state index in [1.165, 1.54) is 11.1 Å². The van der Waals surface area contributed by atoms with Crippen molar-refractivity contribution in [2.45, 2.75) is 12.3 Å². The van der Waals surface area contributed by atoms with Crippen molar-refractivity contribution in [2.75, 3.05) is 13.3 Å². The van der Waals surface area contributed by atoms with E-state index in [-0.39, 0.29) is 0 Å². The number of hydrogen-bond donors (Lipinski definition) is 0. The molecule has 0 aliphatic carbocycles. The van der Waals surface area contributed by atoms with Gasteiger partial charge in [-0.25, -0.2) is 0 Å². The zero-order valence-electron chi connectivity index (χ0n) is 11.0. The quantitative estimate of drug-likeness (QED) is 0.651. The third kappa shape index (κ3) is 4.23. The fourth-order valence-corrected chi connectivity index (χ4v) is 6.87. The molecule has 2 aromatic rings. The molecule has 0 N–H and O–H groups in total. The summed E-state index contributed by atoms with van der Waals surface area (Å²) in [6.45, 7) is 4.82. The molecule has 96 valence electrons. The minimum atomic E-state index is -1.85. The molecule has 0 bridgehead atoms. The van der Waals surface area contributed by atoms with Gasteiger partial charge in [0.1, 0.15) is 0 Å². The Kier molecular flexibility index (Phi) is 3.94. The number of benzene rings is 2. The molecule has 0 aliphatic heterocycles. The molecule has 0 nitrogen and oxygen atoms in total. The van der Waals surface area contributed by atoms with Crippen LogP contribution >= 0.6 is 20.8 Å². The molecule has 2 aromatic carbocycles. The predicted octanol–water partition coefficient (Wildman–Crippen LogP) is 5.51. The minimum absolute atomic E-state index is 1.14. The zero-order chi connectivity index (χ0) is 13.1. The first-order valence-corrected chi connectivity index (χ1v) is 11.7. The second-order valence-electron chi connectivity index (χ2n) is 5.80. The van der Waals surface area contributed by atoms with Crippen LogP contribution in [0.15, 0.2) is 60.7 Å². The molecule has 0 aromatic heterocycles. The van der Waals surface area contributed by atoms with Gasteiger partial charge in [0.15, 0.2) is 0 Å². The van der Waals surface area contributed by atoms with Crippen molar-refractivity contribution in [3.05, 3.63) is 71.8 Å². The fraction of sp³-hybridized carbons (Fsp3) is 0.250. The monoisotopic (exact) mass is 322 g/mol. The molecular formula is C16H20BrP. The Morgan fingerprint density at radius 1 is 0.722 bits per heavy atom. The van der Waals surface area contributed by atoms with E-state index in [1.807, 2.05) is 0 Å². The van der Waals surface area contributed by atoms with Crippen LogP contribution in [0.5, 0.6) is 0 Å². The van der Waals surface area contributed by atoms with Gasteiger partial charge in [-0.15, -0.1) is 0 Å². The van der Waals surface area contributed by atoms with E-state index in [0.29, 0.717) is 0 Å². The second-order valence-corrected chi connectivity index (χ2v) is 18.7. The van der Waals surface area contributed by atoms with Gasteiger partial charge in [-0.05, 0) is 0 Å². The summed E-state index contributed by atoms with van der Waals surface area (Å²) in [6, 6.07) is 21.5. The van der Waals surface area contributed by atoms with Crippen molar-refractivity contribution < 1.29 is 0 Å². The van der Waals surface area contributed by atoms with Crippen molar-refractivity contribution in [3.8, 4) is 0 Å². The summed E-state index contributed by atoms with van der Waals surface area (Å²) in [5.41, 5.74) is 2.85. The Morgan fingerprint density at radius 2 is 1.06 bits per heavy atom. The third-order valence-corrected chi connectivity index (χ3v) is 7.21. The number of halogens is 1. The van der Waals surface area contributed by atoms with Gasteiger partial charge in [-0.1, -0.05) is 0 Å². The van der Waals surface area contributed by atoms with Gasteiger partial charge in [0.05, 0.1) is 0 Å². The van der Waals surface area contributed by atoms with Crippen LogP contribution in [-0.4, -0.2) is 13.3 Å². The van der Waals surface area contributed by atoms with Crippen molar-refractivity contribution in [2.24, 2.45) is 0 Å². The zero-order valence-corrected chi connectivity index (χ0v) is 13.5. The van der Waals surface area contributed by atoms with Crippen LogP contribution in [0.25, 0.3) is 0 Å². The molecule has 0 atom stereocenters. The summed E-state index contributed by atoms with van der Waals surface area (Å²) < 4.78 is 0. The first-order valence-electron chi connectivity index (χ1n) is 6.22. The first kappa shape index (κ1) is 13.8. The van der Waals surface area contributed by atoms with E-state index in [4.69, 9.17) is 0 Å². The summed E-state index contributed by atoms with van der Waals surface area (Å²) in [7, 11) is 0. The molecule has 0 saturated carbocycles. The van der Waals surface area contributed by atoms with Crippen LogP contribution < -0.4 is 0 Å². The van der Waals surface area contributed by atoms with Crippen LogP contribution in [0.4, 0.5) is 0 Å². The predicted molar refractivity (Wildman–Crippen MR) is 88.0 cm³/mol. The molecule has 2 rings (SSSR count). The van der Waals surface area contributed by atoms with Crippen LogP contribution in [0, 0.1) is 0 Å². The van der Waals surface area contributed by atoms with Crippen LogP contribution in [0.1, 0.15) is 11.1 Å². The molecule has 0 radical (unpaired) electrons. The Balaban J connectivity index is 2.17. The van der Waals surface area contributed by atoms with Gasteiger partial charge in [-0.2, -0.15) is 0 Å². The topological polar surface area (TPSA) is 0 Å². The molecule has 2 heteroatoms. The average molecular weight is 323 g/mol. The maximum absolute atomic E-state index is 4.09. The van der Waals surface area contributed by atoms with E-state index in [1.54, 1.807) is 0 Å². The van der Waals surface area contributed by atoms with E-state index in [2.05, 4.69) is 89.5 Å². The molecule has 0 spiro atoms. The van der Waals surface area contributed by atoms with Gasteiger partial charge in [-0.3, -0.25) is 0 Å². The Morgan fingerprint density at radius 3 is 1.39 bits per heavy atom. The summed E-state index contributed by atoms with van der Waals surface area (Å²) in [5, 5.41) is -1.85. The van der Waals surface area contributed by atoms with Crippen molar-refractivity contribution in [1.82, 2.24) is 0 Å². The molecule has 0 saturated heterocycles. The molecule has 0 unspecified atom stereocenters. The van der Waals surface area contributed by atoms with E-state index >= 15 is 0 Å². The summed E-state index contributed by atoms with van der Waals surface area (Å²) >= 11 is 4.09. The van der Waals surface area contributed by atoms with Crippen molar-refractivity contribution in [3.63, 3.8) is 0 Å². The molecule has 0 fully saturated rings. The fourth-order valence-electron chi connectivity index (χ4n) is 2.35. The molecular weight excluding hydrogens is 303 g/mol. The van der Waals surface area contributed by atoms with Crippen molar-refractivity contribution in [1.29, 1.82) is 0 Å². The second kappa shape index (κ2) is 5.15. The Bertz CT molecular complexity index is 451. The number of hydrogen-bond acceptors (Lipinski definition) is 0. The van der Waals surface area contributed by atoms with Crippen molar-refractivity contribution >= 4 is 20.8 Å². The third-order valence-electron chi connectivity index (χ3n) is 3.03. The van der Waals surface area contributed by atoms with Crippen LogP contribution in [0.2, 0.25) is 0 Å².